The van der Waals surface area contributed by atoms with E-state index in [1.807, 2.05) is 0 Å². The fraction of sp³-hybridized carbons (Fsp3) is 0.667. The van der Waals surface area contributed by atoms with Crippen LogP contribution in [0.5, 0.6) is 0 Å². The average molecular weight is 130 g/mol. The predicted octanol–water partition coefficient (Wildman–Crippen LogP) is -0.358. The van der Waals surface area contributed by atoms with E-state index in [0.717, 1.165) is 0 Å². The zero-order valence-electron chi connectivity index (χ0n) is 5.24. The monoisotopic (exact) mass is 130 g/mol. The molecular formula is C6H10O3. The van der Waals surface area contributed by atoms with Crippen LogP contribution in [-0.4, -0.2) is 29.0 Å². The van der Waals surface area contributed by atoms with Crippen LogP contribution in [0.15, 0.2) is 11.8 Å². The standard InChI is InChI=1S/C6H10O3/c1-4-6(8)2-5(3-7)9-4/h2,4,6-8H,3H2,1H3. The molecular weight excluding hydrogens is 120 g/mol. The summed E-state index contributed by atoms with van der Waals surface area (Å²) in [5.74, 6) is 0.468. The minimum absolute atomic E-state index is 0.124. The lowest BCUT2D eigenvalue weighted by molar-refractivity contribution is 0.0539. The molecule has 0 aliphatic carbocycles. The van der Waals surface area contributed by atoms with Crippen molar-refractivity contribution in [2.24, 2.45) is 0 Å². The molecule has 0 aromatic carbocycles. The molecule has 2 unspecified atom stereocenters. The molecule has 2 N–H and O–H groups in total. The maximum absolute atomic E-state index is 8.99. The number of aliphatic hydroxyl groups is 2. The Hall–Kier alpha value is -0.540. The lowest BCUT2D eigenvalue weighted by Crippen LogP contribution is -2.16. The van der Waals surface area contributed by atoms with Gasteiger partial charge in [-0.2, -0.15) is 0 Å². The van der Waals surface area contributed by atoms with E-state index in [1.165, 1.54) is 6.08 Å². The molecule has 0 aromatic rings. The fourth-order valence-electron chi connectivity index (χ4n) is 0.764. The second kappa shape index (κ2) is 2.37. The van der Waals surface area contributed by atoms with Gasteiger partial charge in [-0.1, -0.05) is 0 Å². The number of ether oxygens (including phenoxy) is 1. The molecule has 2 atom stereocenters. The Balaban J connectivity index is 2.52. The Kier molecular flexibility index (Phi) is 1.73. The van der Waals surface area contributed by atoms with Crippen LogP contribution in [0.2, 0.25) is 0 Å². The van der Waals surface area contributed by atoms with Gasteiger partial charge in [0, 0.05) is 0 Å². The van der Waals surface area contributed by atoms with E-state index in [2.05, 4.69) is 0 Å². The Morgan fingerprint density at radius 1 is 1.78 bits per heavy atom. The van der Waals surface area contributed by atoms with Gasteiger partial charge in [-0.3, -0.25) is 0 Å². The highest BCUT2D eigenvalue weighted by molar-refractivity contribution is 5.06. The van der Waals surface area contributed by atoms with Gasteiger partial charge in [-0.05, 0) is 13.0 Å². The molecule has 0 spiro atoms. The van der Waals surface area contributed by atoms with Gasteiger partial charge in [0.15, 0.2) is 0 Å². The first-order chi connectivity index (χ1) is 4.24. The van der Waals surface area contributed by atoms with Crippen LogP contribution >= 0.6 is 0 Å². The first-order valence-electron chi connectivity index (χ1n) is 2.90. The molecule has 0 saturated heterocycles. The summed E-state index contributed by atoms with van der Waals surface area (Å²) >= 11 is 0. The van der Waals surface area contributed by atoms with Crippen molar-refractivity contribution in [1.82, 2.24) is 0 Å². The quantitative estimate of drug-likeness (QED) is 0.509. The van der Waals surface area contributed by atoms with E-state index >= 15 is 0 Å². The van der Waals surface area contributed by atoms with E-state index < -0.39 is 6.10 Å². The molecule has 9 heavy (non-hydrogen) atoms. The summed E-state index contributed by atoms with van der Waals surface area (Å²) in [6.07, 6.45) is 0.768. The number of rotatable bonds is 1. The third kappa shape index (κ3) is 1.23. The van der Waals surface area contributed by atoms with E-state index in [4.69, 9.17) is 14.9 Å². The minimum atomic E-state index is -0.549. The average Bonchev–Trinajstić information content (AvgIpc) is 2.13. The summed E-state index contributed by atoms with van der Waals surface area (Å²) in [6.45, 7) is 1.63. The second-order valence-corrected chi connectivity index (χ2v) is 2.10. The third-order valence-electron chi connectivity index (χ3n) is 1.33. The van der Waals surface area contributed by atoms with Crippen LogP contribution < -0.4 is 0 Å². The van der Waals surface area contributed by atoms with Gasteiger partial charge in [-0.25, -0.2) is 0 Å². The van der Waals surface area contributed by atoms with Crippen molar-refractivity contribution in [3.63, 3.8) is 0 Å². The van der Waals surface area contributed by atoms with Crippen molar-refractivity contribution in [2.45, 2.75) is 19.1 Å². The Bertz CT molecular complexity index is 130. The van der Waals surface area contributed by atoms with Crippen LogP contribution in [0.4, 0.5) is 0 Å². The van der Waals surface area contributed by atoms with Gasteiger partial charge in [0.1, 0.15) is 24.6 Å². The first-order valence-corrected chi connectivity index (χ1v) is 2.90. The fourth-order valence-corrected chi connectivity index (χ4v) is 0.764. The Labute approximate surface area is 53.6 Å². The first kappa shape index (κ1) is 6.58. The summed E-state index contributed by atoms with van der Waals surface area (Å²) in [6, 6.07) is 0. The third-order valence-corrected chi connectivity index (χ3v) is 1.33. The topological polar surface area (TPSA) is 49.7 Å². The smallest absolute Gasteiger partial charge is 0.125 e. The molecule has 0 saturated carbocycles. The highest BCUT2D eigenvalue weighted by Gasteiger charge is 2.21. The van der Waals surface area contributed by atoms with Crippen molar-refractivity contribution in [1.29, 1.82) is 0 Å². The summed E-state index contributed by atoms with van der Waals surface area (Å²) in [5, 5.41) is 17.5. The van der Waals surface area contributed by atoms with Crippen LogP contribution in [0.1, 0.15) is 6.92 Å². The van der Waals surface area contributed by atoms with Crippen molar-refractivity contribution in [2.75, 3.05) is 6.61 Å². The van der Waals surface area contributed by atoms with E-state index in [1.54, 1.807) is 6.92 Å². The van der Waals surface area contributed by atoms with Crippen LogP contribution in [0.25, 0.3) is 0 Å². The van der Waals surface area contributed by atoms with Crippen molar-refractivity contribution in [3.8, 4) is 0 Å². The predicted molar refractivity (Wildman–Crippen MR) is 31.7 cm³/mol. The minimum Gasteiger partial charge on any atom is -0.490 e. The molecule has 0 aromatic heterocycles. The highest BCUT2D eigenvalue weighted by atomic mass is 16.5. The molecule has 1 aliphatic rings. The lowest BCUT2D eigenvalue weighted by Gasteiger charge is -2.07. The second-order valence-electron chi connectivity index (χ2n) is 2.10. The molecule has 3 nitrogen and oxygen atoms in total. The molecule has 0 bridgehead atoms. The number of hydrogen-bond acceptors (Lipinski definition) is 3. The maximum Gasteiger partial charge on any atom is 0.125 e. The zero-order chi connectivity index (χ0) is 6.85. The normalized spacial score (nSPS) is 33.9. The van der Waals surface area contributed by atoms with Gasteiger partial charge in [0.2, 0.25) is 0 Å². The summed E-state index contributed by atoms with van der Waals surface area (Å²) in [4.78, 5) is 0. The maximum atomic E-state index is 8.99. The molecule has 3 heteroatoms. The van der Waals surface area contributed by atoms with Crippen molar-refractivity contribution in [3.05, 3.63) is 11.8 Å². The van der Waals surface area contributed by atoms with Gasteiger partial charge in [0.05, 0.1) is 0 Å². The SMILES string of the molecule is CC1OC(CO)=CC1O. The molecule has 52 valence electrons. The molecule has 0 amide bonds. The summed E-state index contributed by atoms with van der Waals surface area (Å²) < 4.78 is 4.98. The van der Waals surface area contributed by atoms with Crippen molar-refractivity contribution < 1.29 is 14.9 Å². The van der Waals surface area contributed by atoms with Crippen LogP contribution in [0, 0.1) is 0 Å². The van der Waals surface area contributed by atoms with E-state index in [9.17, 15) is 0 Å². The number of hydrogen-bond donors (Lipinski definition) is 2. The molecule has 1 heterocycles. The van der Waals surface area contributed by atoms with Gasteiger partial charge in [0.25, 0.3) is 0 Å². The van der Waals surface area contributed by atoms with E-state index in [-0.39, 0.29) is 12.7 Å². The Morgan fingerprint density at radius 3 is 2.67 bits per heavy atom. The Morgan fingerprint density at radius 2 is 2.44 bits per heavy atom. The van der Waals surface area contributed by atoms with Crippen molar-refractivity contribution >= 4 is 0 Å². The highest BCUT2D eigenvalue weighted by Crippen LogP contribution is 2.15. The van der Waals surface area contributed by atoms with Gasteiger partial charge >= 0.3 is 0 Å². The van der Waals surface area contributed by atoms with Crippen LogP contribution in [-0.2, 0) is 4.74 Å². The zero-order valence-corrected chi connectivity index (χ0v) is 5.24. The largest absolute Gasteiger partial charge is 0.490 e. The lowest BCUT2D eigenvalue weighted by atomic mass is 10.2. The molecule has 0 radical (unpaired) electrons. The molecule has 1 aliphatic heterocycles. The van der Waals surface area contributed by atoms with Gasteiger partial charge in [-0.15, -0.1) is 0 Å². The van der Waals surface area contributed by atoms with E-state index in [0.29, 0.717) is 5.76 Å². The summed E-state index contributed by atoms with van der Waals surface area (Å²) in [7, 11) is 0. The molecule has 0 fully saturated rings. The van der Waals surface area contributed by atoms with Gasteiger partial charge < -0.3 is 14.9 Å². The summed E-state index contributed by atoms with van der Waals surface area (Å²) in [5.41, 5.74) is 0. The number of aliphatic hydroxyl groups excluding tert-OH is 2. The van der Waals surface area contributed by atoms with Crippen LogP contribution in [0.3, 0.4) is 0 Å². The molecule has 1 rings (SSSR count).